The van der Waals surface area contributed by atoms with Gasteiger partial charge in [0.25, 0.3) is 0 Å². The van der Waals surface area contributed by atoms with Crippen LogP contribution in [0.15, 0.2) is 18.2 Å². The normalized spacial score (nSPS) is 10.1. The number of hydrogen-bond donors (Lipinski definition) is 1. The number of nitrogens with zero attached hydrogens (tertiary/aromatic N) is 2. The highest BCUT2D eigenvalue weighted by molar-refractivity contribution is 6.32. The molecule has 0 atom stereocenters. The van der Waals surface area contributed by atoms with Crippen LogP contribution in [0.5, 0.6) is 5.75 Å². The molecule has 0 fully saturated rings. The van der Waals surface area contributed by atoms with Crippen molar-refractivity contribution in [2.75, 3.05) is 6.61 Å². The van der Waals surface area contributed by atoms with Crippen molar-refractivity contribution in [3.8, 4) is 23.1 Å². The highest BCUT2D eigenvalue weighted by atomic mass is 35.5. The standard InChI is InChI=1S/C13H12ClN3O/c1-3-18-12-5-4-9(6-10(12)14)13-11(7-15)16-8(2)17-13/h4-6H,3H2,1-2H3,(H,16,17). The van der Waals surface area contributed by atoms with Gasteiger partial charge in [-0.15, -0.1) is 0 Å². The summed E-state index contributed by atoms with van der Waals surface area (Å²) < 4.78 is 5.37. The first kappa shape index (κ1) is 12.5. The van der Waals surface area contributed by atoms with Crippen molar-refractivity contribution >= 4 is 11.6 Å². The number of imidazole rings is 1. The van der Waals surface area contributed by atoms with Crippen molar-refractivity contribution in [2.24, 2.45) is 0 Å². The Labute approximate surface area is 110 Å². The van der Waals surface area contributed by atoms with E-state index in [2.05, 4.69) is 16.0 Å². The minimum Gasteiger partial charge on any atom is -0.492 e. The van der Waals surface area contributed by atoms with Crippen LogP contribution in [0.25, 0.3) is 11.3 Å². The first-order valence-corrected chi connectivity index (χ1v) is 5.93. The number of aromatic nitrogens is 2. The van der Waals surface area contributed by atoms with E-state index in [9.17, 15) is 0 Å². The molecule has 0 saturated carbocycles. The Hall–Kier alpha value is -1.99. The predicted octanol–water partition coefficient (Wildman–Crippen LogP) is 3.31. The maximum Gasteiger partial charge on any atom is 0.166 e. The molecule has 0 aliphatic rings. The number of halogens is 1. The van der Waals surface area contributed by atoms with Gasteiger partial charge >= 0.3 is 0 Å². The van der Waals surface area contributed by atoms with Crippen LogP contribution in [0.2, 0.25) is 5.02 Å². The van der Waals surface area contributed by atoms with Gasteiger partial charge in [-0.2, -0.15) is 5.26 Å². The fourth-order valence-electron chi connectivity index (χ4n) is 1.71. The van der Waals surface area contributed by atoms with Crippen molar-refractivity contribution in [1.82, 2.24) is 9.97 Å². The Morgan fingerprint density at radius 2 is 2.28 bits per heavy atom. The first-order chi connectivity index (χ1) is 8.65. The molecule has 0 amide bonds. The summed E-state index contributed by atoms with van der Waals surface area (Å²) in [6.45, 7) is 4.27. The van der Waals surface area contributed by atoms with Crippen LogP contribution in [0.4, 0.5) is 0 Å². The van der Waals surface area contributed by atoms with Crippen molar-refractivity contribution in [2.45, 2.75) is 13.8 Å². The zero-order chi connectivity index (χ0) is 13.1. The third-order valence-corrected chi connectivity index (χ3v) is 2.74. The Kier molecular flexibility index (Phi) is 3.54. The summed E-state index contributed by atoms with van der Waals surface area (Å²) >= 11 is 6.12. The van der Waals surface area contributed by atoms with Gasteiger partial charge in [-0.1, -0.05) is 11.6 Å². The maximum atomic E-state index is 9.01. The average Bonchev–Trinajstić information content (AvgIpc) is 2.73. The van der Waals surface area contributed by atoms with Gasteiger partial charge in [0, 0.05) is 5.56 Å². The number of aromatic amines is 1. The van der Waals surface area contributed by atoms with Gasteiger partial charge < -0.3 is 9.72 Å². The zero-order valence-electron chi connectivity index (χ0n) is 10.1. The highest BCUT2D eigenvalue weighted by Gasteiger charge is 2.11. The summed E-state index contributed by atoms with van der Waals surface area (Å²) in [5.41, 5.74) is 1.87. The average molecular weight is 262 g/mol. The van der Waals surface area contributed by atoms with Crippen LogP contribution in [-0.4, -0.2) is 16.6 Å². The number of benzene rings is 1. The van der Waals surface area contributed by atoms with E-state index in [1.165, 1.54) is 0 Å². The second kappa shape index (κ2) is 5.11. The topological polar surface area (TPSA) is 61.7 Å². The lowest BCUT2D eigenvalue weighted by atomic mass is 10.1. The van der Waals surface area contributed by atoms with Gasteiger partial charge in [-0.05, 0) is 32.0 Å². The molecule has 5 heteroatoms. The number of nitriles is 1. The maximum absolute atomic E-state index is 9.01. The highest BCUT2D eigenvalue weighted by Crippen LogP contribution is 2.30. The summed E-state index contributed by atoms with van der Waals surface area (Å²) in [4.78, 5) is 7.16. The lowest BCUT2D eigenvalue weighted by Crippen LogP contribution is -1.92. The molecule has 1 aromatic heterocycles. The van der Waals surface area contributed by atoms with E-state index < -0.39 is 0 Å². The molecule has 2 aromatic rings. The van der Waals surface area contributed by atoms with Gasteiger partial charge in [-0.25, -0.2) is 4.98 Å². The van der Waals surface area contributed by atoms with Crippen LogP contribution in [0, 0.1) is 18.3 Å². The van der Waals surface area contributed by atoms with E-state index in [0.717, 1.165) is 5.56 Å². The van der Waals surface area contributed by atoms with Crippen molar-refractivity contribution in [3.05, 3.63) is 34.7 Å². The molecule has 0 saturated heterocycles. The van der Waals surface area contributed by atoms with Crippen LogP contribution >= 0.6 is 11.6 Å². The monoisotopic (exact) mass is 261 g/mol. The molecule has 1 N–H and O–H groups in total. The summed E-state index contributed by atoms with van der Waals surface area (Å²) in [6.07, 6.45) is 0. The molecule has 18 heavy (non-hydrogen) atoms. The number of ether oxygens (including phenoxy) is 1. The van der Waals surface area contributed by atoms with Gasteiger partial charge in [0.15, 0.2) is 5.69 Å². The number of H-pyrrole nitrogens is 1. The summed E-state index contributed by atoms with van der Waals surface area (Å²) in [6, 6.07) is 7.46. The molecule has 0 aliphatic heterocycles. The first-order valence-electron chi connectivity index (χ1n) is 5.55. The second-order valence-corrected chi connectivity index (χ2v) is 4.14. The number of aryl methyl sites for hydroxylation is 1. The van der Waals surface area contributed by atoms with E-state index in [-0.39, 0.29) is 0 Å². The van der Waals surface area contributed by atoms with E-state index in [1.807, 2.05) is 13.0 Å². The minimum absolute atomic E-state index is 0.368. The molecule has 1 heterocycles. The molecule has 0 unspecified atom stereocenters. The quantitative estimate of drug-likeness (QED) is 0.922. The van der Waals surface area contributed by atoms with Gasteiger partial charge in [0.2, 0.25) is 0 Å². The minimum atomic E-state index is 0.368. The Balaban J connectivity index is 2.46. The Bertz CT molecular complexity index is 613. The SMILES string of the molecule is CCOc1ccc(-c2[nH]c(C)nc2C#N)cc1Cl. The van der Waals surface area contributed by atoms with Crippen LogP contribution in [-0.2, 0) is 0 Å². The van der Waals surface area contributed by atoms with Crippen molar-refractivity contribution in [3.63, 3.8) is 0 Å². The van der Waals surface area contributed by atoms with E-state index in [1.54, 1.807) is 19.1 Å². The molecule has 1 aromatic carbocycles. The molecule has 92 valence electrons. The van der Waals surface area contributed by atoms with Gasteiger partial charge in [-0.3, -0.25) is 0 Å². The van der Waals surface area contributed by atoms with Crippen LogP contribution in [0.3, 0.4) is 0 Å². The molecule has 0 radical (unpaired) electrons. The third kappa shape index (κ3) is 2.31. The molecule has 4 nitrogen and oxygen atoms in total. The molecular formula is C13H12ClN3O. The third-order valence-electron chi connectivity index (χ3n) is 2.45. The smallest absolute Gasteiger partial charge is 0.166 e. The Morgan fingerprint density at radius 3 is 2.89 bits per heavy atom. The fourth-order valence-corrected chi connectivity index (χ4v) is 1.95. The second-order valence-electron chi connectivity index (χ2n) is 3.74. The largest absolute Gasteiger partial charge is 0.492 e. The van der Waals surface area contributed by atoms with Crippen LogP contribution < -0.4 is 4.74 Å². The lowest BCUT2D eigenvalue weighted by Gasteiger charge is -2.06. The molecule has 2 rings (SSSR count). The lowest BCUT2D eigenvalue weighted by molar-refractivity contribution is 0.340. The van der Waals surface area contributed by atoms with Gasteiger partial charge in [0.05, 0.1) is 17.3 Å². The number of nitrogens with one attached hydrogen (secondary N) is 1. The fraction of sp³-hybridized carbons (Fsp3) is 0.231. The van der Waals surface area contributed by atoms with Crippen molar-refractivity contribution in [1.29, 1.82) is 5.26 Å². The zero-order valence-corrected chi connectivity index (χ0v) is 10.9. The molecular weight excluding hydrogens is 250 g/mol. The number of hydrogen-bond acceptors (Lipinski definition) is 3. The molecule has 0 spiro atoms. The van der Waals surface area contributed by atoms with Crippen LogP contribution in [0.1, 0.15) is 18.4 Å². The number of rotatable bonds is 3. The predicted molar refractivity (Wildman–Crippen MR) is 69.7 cm³/mol. The van der Waals surface area contributed by atoms with E-state index >= 15 is 0 Å². The van der Waals surface area contributed by atoms with Gasteiger partial charge in [0.1, 0.15) is 17.6 Å². The van der Waals surface area contributed by atoms with Crippen molar-refractivity contribution < 1.29 is 4.74 Å². The van der Waals surface area contributed by atoms with E-state index in [0.29, 0.717) is 34.6 Å². The molecule has 0 aliphatic carbocycles. The van der Waals surface area contributed by atoms with E-state index in [4.69, 9.17) is 21.6 Å². The summed E-state index contributed by atoms with van der Waals surface area (Å²) in [5, 5.41) is 9.53. The summed E-state index contributed by atoms with van der Waals surface area (Å²) in [5.74, 6) is 1.34. The molecule has 0 bridgehead atoms. The summed E-state index contributed by atoms with van der Waals surface area (Å²) in [7, 11) is 0. The Morgan fingerprint density at radius 1 is 1.50 bits per heavy atom.